The first kappa shape index (κ1) is 10.5. The van der Waals surface area contributed by atoms with E-state index in [0.717, 1.165) is 0 Å². The minimum Gasteiger partial charge on any atom is -0.348 e. The SMILES string of the molecule is CC(C)c1cn(C(C)C)c2c1C=CCC2. The molecule has 2 rings (SSSR count). The van der Waals surface area contributed by atoms with Gasteiger partial charge in [-0.3, -0.25) is 0 Å². The Morgan fingerprint density at radius 2 is 1.93 bits per heavy atom. The summed E-state index contributed by atoms with van der Waals surface area (Å²) in [5, 5.41) is 0. The van der Waals surface area contributed by atoms with Crippen molar-refractivity contribution in [3.63, 3.8) is 0 Å². The highest BCUT2D eigenvalue weighted by Crippen LogP contribution is 2.31. The van der Waals surface area contributed by atoms with Crippen molar-refractivity contribution in [1.82, 2.24) is 4.57 Å². The van der Waals surface area contributed by atoms with Crippen molar-refractivity contribution in [1.29, 1.82) is 0 Å². The Labute approximate surface area is 92.8 Å². The van der Waals surface area contributed by atoms with Gasteiger partial charge in [0, 0.05) is 17.9 Å². The van der Waals surface area contributed by atoms with E-state index in [1.165, 1.54) is 29.7 Å². The van der Waals surface area contributed by atoms with E-state index in [9.17, 15) is 0 Å². The minimum atomic E-state index is 0.581. The molecular weight excluding hydrogens is 182 g/mol. The number of fused-ring (bicyclic) bond motifs is 1. The Kier molecular flexibility index (Phi) is 2.72. The summed E-state index contributed by atoms with van der Waals surface area (Å²) in [4.78, 5) is 0. The molecule has 0 amide bonds. The van der Waals surface area contributed by atoms with Crippen LogP contribution in [0.1, 0.15) is 62.9 Å². The van der Waals surface area contributed by atoms with Crippen LogP contribution in [0.15, 0.2) is 12.3 Å². The zero-order valence-electron chi connectivity index (χ0n) is 10.2. The standard InChI is InChI=1S/C14H21N/c1-10(2)13-9-15(11(3)4)14-8-6-5-7-12(13)14/h5,7,9-11H,6,8H2,1-4H3. The van der Waals surface area contributed by atoms with Crippen molar-refractivity contribution in [2.24, 2.45) is 0 Å². The van der Waals surface area contributed by atoms with Crippen molar-refractivity contribution in [3.8, 4) is 0 Å². The Morgan fingerprint density at radius 1 is 1.20 bits per heavy atom. The maximum absolute atomic E-state index is 2.45. The van der Waals surface area contributed by atoms with Crippen molar-refractivity contribution < 1.29 is 0 Å². The summed E-state index contributed by atoms with van der Waals surface area (Å²) in [5.74, 6) is 0.626. The molecule has 0 bridgehead atoms. The van der Waals surface area contributed by atoms with Crippen LogP contribution >= 0.6 is 0 Å². The molecule has 1 nitrogen and oxygen atoms in total. The van der Waals surface area contributed by atoms with Gasteiger partial charge in [0.25, 0.3) is 0 Å². The number of rotatable bonds is 2. The van der Waals surface area contributed by atoms with Crippen LogP contribution in [0, 0.1) is 0 Å². The topological polar surface area (TPSA) is 4.93 Å². The third-order valence-electron chi connectivity index (χ3n) is 3.22. The number of hydrogen-bond donors (Lipinski definition) is 0. The molecule has 0 radical (unpaired) electrons. The molecule has 0 N–H and O–H groups in total. The first-order chi connectivity index (χ1) is 7.11. The molecule has 1 heterocycles. The van der Waals surface area contributed by atoms with Gasteiger partial charge in [0.05, 0.1) is 0 Å². The van der Waals surface area contributed by atoms with Gasteiger partial charge in [-0.05, 0) is 43.7 Å². The van der Waals surface area contributed by atoms with E-state index in [2.05, 4.69) is 50.6 Å². The van der Waals surface area contributed by atoms with E-state index in [1.807, 2.05) is 0 Å². The molecule has 0 spiro atoms. The highest BCUT2D eigenvalue weighted by atomic mass is 15.0. The molecule has 1 aromatic heterocycles. The summed E-state index contributed by atoms with van der Waals surface area (Å²) >= 11 is 0. The average molecular weight is 203 g/mol. The maximum atomic E-state index is 2.45. The summed E-state index contributed by atoms with van der Waals surface area (Å²) in [6.45, 7) is 9.09. The zero-order chi connectivity index (χ0) is 11.0. The smallest absolute Gasteiger partial charge is 0.0277 e. The van der Waals surface area contributed by atoms with E-state index in [0.29, 0.717) is 12.0 Å². The van der Waals surface area contributed by atoms with Crippen LogP contribution in [-0.4, -0.2) is 4.57 Å². The third-order valence-corrected chi connectivity index (χ3v) is 3.22. The van der Waals surface area contributed by atoms with E-state index >= 15 is 0 Å². The van der Waals surface area contributed by atoms with Crippen LogP contribution in [-0.2, 0) is 6.42 Å². The molecule has 15 heavy (non-hydrogen) atoms. The van der Waals surface area contributed by atoms with E-state index in [4.69, 9.17) is 0 Å². The van der Waals surface area contributed by atoms with Gasteiger partial charge in [-0.25, -0.2) is 0 Å². The molecule has 1 aliphatic carbocycles. The van der Waals surface area contributed by atoms with Crippen molar-refractivity contribution >= 4 is 6.08 Å². The van der Waals surface area contributed by atoms with Crippen molar-refractivity contribution in [3.05, 3.63) is 29.1 Å². The lowest BCUT2D eigenvalue weighted by Gasteiger charge is -2.15. The quantitative estimate of drug-likeness (QED) is 0.680. The predicted molar refractivity (Wildman–Crippen MR) is 66.3 cm³/mol. The summed E-state index contributed by atoms with van der Waals surface area (Å²) in [6.07, 6.45) is 9.37. The molecule has 0 atom stereocenters. The Bertz CT molecular complexity index is 380. The van der Waals surface area contributed by atoms with Gasteiger partial charge in [-0.2, -0.15) is 0 Å². The predicted octanol–water partition coefficient (Wildman–Crippen LogP) is 4.15. The fourth-order valence-corrected chi connectivity index (χ4v) is 2.40. The highest BCUT2D eigenvalue weighted by Gasteiger charge is 2.18. The first-order valence-corrected chi connectivity index (χ1v) is 6.01. The Hall–Kier alpha value is -0.980. The molecule has 1 heteroatoms. The average Bonchev–Trinajstić information content (AvgIpc) is 2.56. The molecule has 0 aromatic carbocycles. The summed E-state index contributed by atoms with van der Waals surface area (Å²) in [7, 11) is 0. The van der Waals surface area contributed by atoms with Crippen molar-refractivity contribution in [2.45, 2.75) is 52.5 Å². The van der Waals surface area contributed by atoms with Crippen LogP contribution in [0.4, 0.5) is 0 Å². The number of hydrogen-bond acceptors (Lipinski definition) is 0. The fourth-order valence-electron chi connectivity index (χ4n) is 2.40. The molecular formula is C14H21N. The van der Waals surface area contributed by atoms with Gasteiger partial charge >= 0.3 is 0 Å². The second kappa shape index (κ2) is 3.88. The Morgan fingerprint density at radius 3 is 2.53 bits per heavy atom. The Balaban J connectivity index is 2.56. The molecule has 82 valence electrons. The minimum absolute atomic E-state index is 0.581. The largest absolute Gasteiger partial charge is 0.348 e. The van der Waals surface area contributed by atoms with Crippen LogP contribution in [0.3, 0.4) is 0 Å². The molecule has 0 saturated carbocycles. The van der Waals surface area contributed by atoms with Gasteiger partial charge in [-0.15, -0.1) is 0 Å². The van der Waals surface area contributed by atoms with Gasteiger partial charge < -0.3 is 4.57 Å². The highest BCUT2D eigenvalue weighted by molar-refractivity contribution is 5.60. The van der Waals surface area contributed by atoms with Gasteiger partial charge in [-0.1, -0.05) is 26.0 Å². The van der Waals surface area contributed by atoms with Gasteiger partial charge in [0.1, 0.15) is 0 Å². The normalized spacial score (nSPS) is 15.1. The first-order valence-electron chi connectivity index (χ1n) is 6.01. The van der Waals surface area contributed by atoms with Gasteiger partial charge in [0.15, 0.2) is 0 Å². The van der Waals surface area contributed by atoms with Crippen molar-refractivity contribution in [2.75, 3.05) is 0 Å². The summed E-state index contributed by atoms with van der Waals surface area (Å²) in [5.41, 5.74) is 4.54. The van der Waals surface area contributed by atoms with E-state index < -0.39 is 0 Å². The molecule has 0 aliphatic heterocycles. The van der Waals surface area contributed by atoms with E-state index in [1.54, 1.807) is 0 Å². The lowest BCUT2D eigenvalue weighted by atomic mass is 9.96. The second-order valence-electron chi connectivity index (χ2n) is 5.04. The van der Waals surface area contributed by atoms with Crippen LogP contribution in [0.25, 0.3) is 6.08 Å². The lowest BCUT2D eigenvalue weighted by Crippen LogP contribution is -2.06. The third kappa shape index (κ3) is 1.75. The molecule has 0 saturated heterocycles. The summed E-state index contributed by atoms with van der Waals surface area (Å²) < 4.78 is 2.45. The molecule has 1 aliphatic rings. The molecule has 1 aromatic rings. The van der Waals surface area contributed by atoms with Crippen LogP contribution < -0.4 is 0 Å². The lowest BCUT2D eigenvalue weighted by molar-refractivity contribution is 0.573. The molecule has 0 unspecified atom stereocenters. The zero-order valence-corrected chi connectivity index (χ0v) is 10.2. The number of nitrogens with zero attached hydrogens (tertiary/aromatic N) is 1. The summed E-state index contributed by atoms with van der Waals surface area (Å²) in [6, 6.07) is 0.581. The fraction of sp³-hybridized carbons (Fsp3) is 0.571. The second-order valence-corrected chi connectivity index (χ2v) is 5.04. The van der Waals surface area contributed by atoms with E-state index in [-0.39, 0.29) is 0 Å². The number of allylic oxidation sites excluding steroid dienone is 1. The molecule has 0 fully saturated rings. The number of aromatic nitrogens is 1. The van der Waals surface area contributed by atoms with Crippen LogP contribution in [0.5, 0.6) is 0 Å². The van der Waals surface area contributed by atoms with Crippen LogP contribution in [0.2, 0.25) is 0 Å². The monoisotopic (exact) mass is 203 g/mol. The van der Waals surface area contributed by atoms with Gasteiger partial charge in [0.2, 0.25) is 0 Å². The maximum Gasteiger partial charge on any atom is 0.0277 e.